The number of hydrogen-bond donors (Lipinski definition) is 0. The Morgan fingerprint density at radius 3 is 2.57 bits per heavy atom. The molecule has 2 aromatic heterocycles. The molecule has 3 heterocycles. The first-order valence-electron chi connectivity index (χ1n) is 8.00. The van der Waals surface area contributed by atoms with Gasteiger partial charge in [-0.2, -0.15) is 5.10 Å². The molecule has 1 aliphatic rings. The highest BCUT2D eigenvalue weighted by Crippen LogP contribution is 2.32. The molecule has 0 saturated heterocycles. The maximum absolute atomic E-state index is 12.3. The van der Waals surface area contributed by atoms with E-state index >= 15 is 0 Å². The average molecular weight is 379 g/mol. The van der Waals surface area contributed by atoms with Crippen LogP contribution >= 0.6 is 15.9 Å². The predicted molar refractivity (Wildman–Crippen MR) is 93.8 cm³/mol. The van der Waals surface area contributed by atoms with Crippen molar-refractivity contribution in [3.63, 3.8) is 0 Å². The van der Waals surface area contributed by atoms with Gasteiger partial charge >= 0.3 is 0 Å². The second kappa shape index (κ2) is 6.15. The van der Waals surface area contributed by atoms with Crippen LogP contribution in [0.15, 0.2) is 24.5 Å². The highest BCUT2D eigenvalue weighted by Gasteiger charge is 2.33. The van der Waals surface area contributed by atoms with Gasteiger partial charge < -0.3 is 9.47 Å². The molecule has 0 bridgehead atoms. The van der Waals surface area contributed by atoms with Crippen LogP contribution in [0.3, 0.4) is 0 Å². The quantitative estimate of drug-likeness (QED) is 0.764. The van der Waals surface area contributed by atoms with E-state index in [-0.39, 0.29) is 11.4 Å². The molecule has 2 aromatic rings. The van der Waals surface area contributed by atoms with Gasteiger partial charge in [0.2, 0.25) is 5.91 Å². The standard InChI is InChI=1S/C17H23BrN4O/c1-17(2,3)22-16(20-9-4-5-10-20)13-11-21(12-14(13)19-22)15(23)7-6-8-18/h4-5,9-10H,6-8,11-12H2,1-3H3. The number of aromatic nitrogens is 3. The first kappa shape index (κ1) is 16.3. The summed E-state index contributed by atoms with van der Waals surface area (Å²) in [6.07, 6.45) is 5.54. The number of nitrogens with zero attached hydrogens (tertiary/aromatic N) is 4. The monoisotopic (exact) mass is 378 g/mol. The minimum atomic E-state index is -0.102. The van der Waals surface area contributed by atoms with Crippen molar-refractivity contribution in [1.82, 2.24) is 19.2 Å². The van der Waals surface area contributed by atoms with Crippen molar-refractivity contribution >= 4 is 21.8 Å². The van der Waals surface area contributed by atoms with Gasteiger partial charge in [0, 0.05) is 29.7 Å². The third-order valence-electron chi connectivity index (χ3n) is 4.09. The van der Waals surface area contributed by atoms with Crippen molar-refractivity contribution in [1.29, 1.82) is 0 Å². The van der Waals surface area contributed by atoms with Crippen LogP contribution in [0.25, 0.3) is 5.82 Å². The molecule has 0 saturated carbocycles. The molecule has 0 unspecified atom stereocenters. The Labute approximate surface area is 145 Å². The van der Waals surface area contributed by atoms with E-state index < -0.39 is 0 Å². The Hall–Kier alpha value is -1.56. The zero-order chi connectivity index (χ0) is 16.6. The Morgan fingerprint density at radius 2 is 1.96 bits per heavy atom. The molecular weight excluding hydrogens is 356 g/mol. The van der Waals surface area contributed by atoms with E-state index in [1.807, 2.05) is 29.4 Å². The van der Waals surface area contributed by atoms with Gasteiger partial charge in [-0.1, -0.05) is 15.9 Å². The number of carbonyl (C=O) groups is 1. The van der Waals surface area contributed by atoms with Crippen molar-refractivity contribution < 1.29 is 4.79 Å². The predicted octanol–water partition coefficient (Wildman–Crippen LogP) is 3.45. The van der Waals surface area contributed by atoms with Gasteiger partial charge in [0.05, 0.1) is 24.3 Å². The molecule has 0 aromatic carbocycles. The summed E-state index contributed by atoms with van der Waals surface area (Å²) in [6.45, 7) is 7.73. The van der Waals surface area contributed by atoms with Gasteiger partial charge in [-0.05, 0) is 39.3 Å². The lowest BCUT2D eigenvalue weighted by Crippen LogP contribution is -2.29. The van der Waals surface area contributed by atoms with E-state index in [0.717, 1.165) is 23.3 Å². The number of fused-ring (bicyclic) bond motifs is 1. The smallest absolute Gasteiger partial charge is 0.223 e. The van der Waals surface area contributed by atoms with Crippen molar-refractivity contribution in [3.05, 3.63) is 35.8 Å². The largest absolute Gasteiger partial charge is 0.332 e. The molecule has 0 radical (unpaired) electrons. The van der Waals surface area contributed by atoms with Crippen LogP contribution in [-0.2, 0) is 23.4 Å². The second-order valence-corrected chi connectivity index (χ2v) is 7.76. The van der Waals surface area contributed by atoms with E-state index in [0.29, 0.717) is 19.5 Å². The Kier molecular flexibility index (Phi) is 4.36. The molecule has 23 heavy (non-hydrogen) atoms. The number of amides is 1. The van der Waals surface area contributed by atoms with Crippen LogP contribution in [0.1, 0.15) is 44.9 Å². The normalized spacial score (nSPS) is 14.3. The number of rotatable bonds is 4. The van der Waals surface area contributed by atoms with Gasteiger partial charge in [0.1, 0.15) is 5.82 Å². The Bertz CT molecular complexity index is 697. The first-order chi connectivity index (χ1) is 10.9. The van der Waals surface area contributed by atoms with Crippen molar-refractivity contribution in [2.24, 2.45) is 0 Å². The van der Waals surface area contributed by atoms with Crippen LogP contribution in [0.4, 0.5) is 0 Å². The molecule has 0 N–H and O–H groups in total. The van der Waals surface area contributed by atoms with Crippen LogP contribution in [0.2, 0.25) is 0 Å². The van der Waals surface area contributed by atoms with E-state index in [4.69, 9.17) is 5.10 Å². The topological polar surface area (TPSA) is 43.1 Å². The van der Waals surface area contributed by atoms with Crippen LogP contribution < -0.4 is 0 Å². The van der Waals surface area contributed by atoms with Gasteiger partial charge in [-0.3, -0.25) is 4.79 Å². The molecular formula is C17H23BrN4O. The lowest BCUT2D eigenvalue weighted by Gasteiger charge is -2.24. The maximum Gasteiger partial charge on any atom is 0.223 e. The third-order valence-corrected chi connectivity index (χ3v) is 4.65. The van der Waals surface area contributed by atoms with Gasteiger partial charge in [0.25, 0.3) is 0 Å². The summed E-state index contributed by atoms with van der Waals surface area (Å²) in [6, 6.07) is 4.03. The molecule has 5 nitrogen and oxygen atoms in total. The fourth-order valence-electron chi connectivity index (χ4n) is 2.96. The minimum absolute atomic E-state index is 0.102. The fraction of sp³-hybridized carbons (Fsp3) is 0.529. The molecule has 0 fully saturated rings. The van der Waals surface area contributed by atoms with Gasteiger partial charge in [-0.15, -0.1) is 0 Å². The molecule has 6 heteroatoms. The summed E-state index contributed by atoms with van der Waals surface area (Å²) in [7, 11) is 0. The van der Waals surface area contributed by atoms with Gasteiger partial charge in [0.15, 0.2) is 0 Å². The second-order valence-electron chi connectivity index (χ2n) is 6.96. The number of hydrogen-bond acceptors (Lipinski definition) is 2. The first-order valence-corrected chi connectivity index (χ1v) is 9.12. The maximum atomic E-state index is 12.3. The lowest BCUT2D eigenvalue weighted by atomic mass is 10.1. The summed E-state index contributed by atoms with van der Waals surface area (Å²) in [5.74, 6) is 1.29. The molecule has 0 aliphatic carbocycles. The van der Waals surface area contributed by atoms with E-state index in [1.54, 1.807) is 0 Å². The van der Waals surface area contributed by atoms with Crippen LogP contribution in [-0.4, -0.2) is 30.5 Å². The summed E-state index contributed by atoms with van der Waals surface area (Å²) in [4.78, 5) is 14.2. The van der Waals surface area contributed by atoms with Crippen LogP contribution in [0, 0.1) is 0 Å². The Balaban J connectivity index is 1.94. The molecule has 124 valence electrons. The van der Waals surface area contributed by atoms with Crippen molar-refractivity contribution in [3.8, 4) is 5.82 Å². The highest BCUT2D eigenvalue weighted by molar-refractivity contribution is 9.09. The average Bonchev–Trinajstić information content (AvgIpc) is 3.17. The van der Waals surface area contributed by atoms with E-state index in [1.165, 1.54) is 5.56 Å². The minimum Gasteiger partial charge on any atom is -0.332 e. The van der Waals surface area contributed by atoms with Gasteiger partial charge in [-0.25, -0.2) is 4.68 Å². The van der Waals surface area contributed by atoms with Crippen LogP contribution in [0.5, 0.6) is 0 Å². The SMILES string of the molecule is CC(C)(C)n1nc2c(c1-n1cccc1)CN(C(=O)CCCBr)C2. The van der Waals surface area contributed by atoms with Crippen molar-refractivity contribution in [2.75, 3.05) is 5.33 Å². The molecule has 1 aliphatic heterocycles. The third kappa shape index (κ3) is 3.09. The molecule has 1 amide bonds. The molecule has 0 spiro atoms. The highest BCUT2D eigenvalue weighted by atomic mass is 79.9. The lowest BCUT2D eigenvalue weighted by molar-refractivity contribution is -0.131. The number of carbonyl (C=O) groups excluding carboxylic acids is 1. The number of alkyl halides is 1. The Morgan fingerprint density at radius 1 is 1.26 bits per heavy atom. The zero-order valence-electron chi connectivity index (χ0n) is 13.9. The van der Waals surface area contributed by atoms with E-state index in [9.17, 15) is 4.79 Å². The van der Waals surface area contributed by atoms with E-state index in [2.05, 4.69) is 46.0 Å². The van der Waals surface area contributed by atoms with Crippen molar-refractivity contribution in [2.45, 2.75) is 52.2 Å². The zero-order valence-corrected chi connectivity index (χ0v) is 15.5. The molecule has 0 atom stereocenters. The summed E-state index contributed by atoms with van der Waals surface area (Å²) in [5, 5.41) is 5.69. The summed E-state index contributed by atoms with van der Waals surface area (Å²) in [5.41, 5.74) is 2.09. The molecule has 3 rings (SSSR count). The summed E-state index contributed by atoms with van der Waals surface area (Å²) < 4.78 is 4.18. The fourth-order valence-corrected chi connectivity index (χ4v) is 3.24. The summed E-state index contributed by atoms with van der Waals surface area (Å²) >= 11 is 3.39. The number of halogens is 1.